The number of carbonyl (C=O) groups excluding carboxylic acids is 1. The number of benzene rings is 1. The molecule has 0 spiro atoms. The summed E-state index contributed by atoms with van der Waals surface area (Å²) < 4.78 is 1.58. The van der Waals surface area contributed by atoms with Crippen molar-refractivity contribution in [3.05, 3.63) is 47.3 Å². The van der Waals surface area contributed by atoms with Crippen LogP contribution in [0.1, 0.15) is 21.7 Å². The summed E-state index contributed by atoms with van der Waals surface area (Å²) in [6.45, 7) is 1.86. The first kappa shape index (κ1) is 12.8. The Kier molecular flexibility index (Phi) is 3.81. The number of nitrogens with one attached hydrogen (secondary N) is 1. The van der Waals surface area contributed by atoms with Gasteiger partial charge in [-0.15, -0.1) is 0 Å². The second-order valence-electron chi connectivity index (χ2n) is 4.08. The molecule has 5 heteroatoms. The van der Waals surface area contributed by atoms with Crippen molar-refractivity contribution in [1.82, 2.24) is 9.78 Å². The van der Waals surface area contributed by atoms with Crippen molar-refractivity contribution in [2.24, 2.45) is 7.05 Å². The first-order chi connectivity index (χ1) is 8.60. The fourth-order valence-corrected chi connectivity index (χ4v) is 2.10. The summed E-state index contributed by atoms with van der Waals surface area (Å²) in [6.07, 6.45) is 0. The monoisotopic (exact) mass is 307 g/mol. The van der Waals surface area contributed by atoms with Crippen molar-refractivity contribution in [3.63, 3.8) is 0 Å². The van der Waals surface area contributed by atoms with Gasteiger partial charge in [-0.25, -0.2) is 0 Å². The lowest BCUT2D eigenvalue weighted by Gasteiger charge is -2.06. The standard InChI is InChI=1S/C13H14BrN3O/c1-9-6-12(17(2)16-9)13(18)15-11-5-3-4-10(7-11)8-14/h3-7H,8H2,1-2H3,(H,15,18). The van der Waals surface area contributed by atoms with Gasteiger partial charge >= 0.3 is 0 Å². The molecule has 0 saturated carbocycles. The molecule has 0 aliphatic rings. The summed E-state index contributed by atoms with van der Waals surface area (Å²) in [5, 5.41) is 7.79. The predicted octanol–water partition coefficient (Wildman–Crippen LogP) is 2.88. The summed E-state index contributed by atoms with van der Waals surface area (Å²) >= 11 is 3.39. The van der Waals surface area contributed by atoms with Crippen molar-refractivity contribution >= 4 is 27.5 Å². The lowest BCUT2D eigenvalue weighted by Crippen LogP contribution is -2.16. The third-order valence-electron chi connectivity index (χ3n) is 2.57. The fraction of sp³-hybridized carbons (Fsp3) is 0.231. The van der Waals surface area contributed by atoms with Crippen molar-refractivity contribution in [2.75, 3.05) is 5.32 Å². The van der Waals surface area contributed by atoms with Crippen LogP contribution in [0.15, 0.2) is 30.3 Å². The molecule has 0 bridgehead atoms. The first-order valence-electron chi connectivity index (χ1n) is 5.57. The smallest absolute Gasteiger partial charge is 0.273 e. The fourth-order valence-electron chi connectivity index (χ4n) is 1.75. The van der Waals surface area contributed by atoms with Gasteiger partial charge in [0.05, 0.1) is 5.69 Å². The molecule has 0 saturated heterocycles. The van der Waals surface area contributed by atoms with Crippen LogP contribution in [0, 0.1) is 6.92 Å². The minimum atomic E-state index is -0.148. The quantitative estimate of drug-likeness (QED) is 0.886. The van der Waals surface area contributed by atoms with Gasteiger partial charge in [-0.1, -0.05) is 28.1 Å². The zero-order chi connectivity index (χ0) is 13.1. The molecule has 0 atom stereocenters. The molecule has 1 N–H and O–H groups in total. The number of aryl methyl sites for hydroxylation is 2. The number of nitrogens with zero attached hydrogens (tertiary/aromatic N) is 2. The van der Waals surface area contributed by atoms with E-state index in [1.807, 2.05) is 31.2 Å². The maximum Gasteiger partial charge on any atom is 0.273 e. The van der Waals surface area contributed by atoms with E-state index in [1.54, 1.807) is 17.8 Å². The molecule has 94 valence electrons. The maximum absolute atomic E-state index is 12.1. The number of alkyl halides is 1. The largest absolute Gasteiger partial charge is 0.321 e. The number of anilines is 1. The lowest BCUT2D eigenvalue weighted by atomic mass is 10.2. The highest BCUT2D eigenvalue weighted by Gasteiger charge is 2.11. The molecule has 0 unspecified atom stereocenters. The summed E-state index contributed by atoms with van der Waals surface area (Å²) in [6, 6.07) is 9.49. The van der Waals surface area contributed by atoms with Crippen molar-refractivity contribution < 1.29 is 4.79 Å². The van der Waals surface area contributed by atoms with Crippen LogP contribution in [0.4, 0.5) is 5.69 Å². The molecule has 0 radical (unpaired) electrons. The number of hydrogen-bond acceptors (Lipinski definition) is 2. The zero-order valence-electron chi connectivity index (χ0n) is 10.3. The van der Waals surface area contributed by atoms with Gasteiger partial charge in [-0.2, -0.15) is 5.10 Å². The highest BCUT2D eigenvalue weighted by molar-refractivity contribution is 9.08. The molecule has 0 aliphatic carbocycles. The Labute approximate surface area is 114 Å². The molecule has 1 aromatic carbocycles. The van der Waals surface area contributed by atoms with E-state index in [0.717, 1.165) is 22.3 Å². The molecule has 1 aromatic heterocycles. The van der Waals surface area contributed by atoms with Gasteiger partial charge in [0.1, 0.15) is 5.69 Å². The van der Waals surface area contributed by atoms with Gasteiger partial charge in [-0.3, -0.25) is 9.48 Å². The number of amides is 1. The molecule has 1 amide bonds. The van der Waals surface area contributed by atoms with E-state index < -0.39 is 0 Å². The van der Waals surface area contributed by atoms with Crippen LogP contribution in [-0.4, -0.2) is 15.7 Å². The molecule has 18 heavy (non-hydrogen) atoms. The third kappa shape index (κ3) is 2.79. The summed E-state index contributed by atoms with van der Waals surface area (Å²) in [4.78, 5) is 12.1. The lowest BCUT2D eigenvalue weighted by molar-refractivity contribution is 0.101. The predicted molar refractivity (Wildman–Crippen MR) is 75.0 cm³/mol. The number of halogens is 1. The summed E-state index contributed by atoms with van der Waals surface area (Å²) in [5.74, 6) is -0.148. The average Bonchev–Trinajstić information content (AvgIpc) is 2.69. The number of carbonyl (C=O) groups is 1. The number of rotatable bonds is 3. The Morgan fingerprint density at radius 2 is 2.22 bits per heavy atom. The van der Waals surface area contributed by atoms with Crippen LogP contribution in [0.25, 0.3) is 0 Å². The average molecular weight is 308 g/mol. The highest BCUT2D eigenvalue weighted by atomic mass is 79.9. The van der Waals surface area contributed by atoms with Crippen LogP contribution >= 0.6 is 15.9 Å². The second kappa shape index (κ2) is 5.35. The Morgan fingerprint density at radius 1 is 1.44 bits per heavy atom. The van der Waals surface area contributed by atoms with E-state index in [9.17, 15) is 4.79 Å². The first-order valence-corrected chi connectivity index (χ1v) is 6.69. The molecule has 2 aromatic rings. The minimum absolute atomic E-state index is 0.148. The molecule has 4 nitrogen and oxygen atoms in total. The van der Waals surface area contributed by atoms with Crippen molar-refractivity contribution in [2.45, 2.75) is 12.3 Å². The van der Waals surface area contributed by atoms with Gasteiger partial charge in [0.15, 0.2) is 0 Å². The van der Waals surface area contributed by atoms with Crippen LogP contribution < -0.4 is 5.32 Å². The molecule has 0 aliphatic heterocycles. The van der Waals surface area contributed by atoms with Crippen molar-refractivity contribution in [1.29, 1.82) is 0 Å². The van der Waals surface area contributed by atoms with Crippen molar-refractivity contribution in [3.8, 4) is 0 Å². The zero-order valence-corrected chi connectivity index (χ0v) is 11.9. The summed E-state index contributed by atoms with van der Waals surface area (Å²) in [5.41, 5.74) is 3.29. The van der Waals surface area contributed by atoms with Crippen LogP contribution in [0.5, 0.6) is 0 Å². The highest BCUT2D eigenvalue weighted by Crippen LogP contribution is 2.14. The van der Waals surface area contributed by atoms with E-state index in [2.05, 4.69) is 26.3 Å². The van der Waals surface area contributed by atoms with Crippen LogP contribution in [-0.2, 0) is 12.4 Å². The van der Waals surface area contributed by atoms with Gasteiger partial charge < -0.3 is 5.32 Å². The van der Waals surface area contributed by atoms with Gasteiger partial charge in [0, 0.05) is 18.1 Å². The molecule has 2 rings (SSSR count). The Balaban J connectivity index is 2.18. The second-order valence-corrected chi connectivity index (χ2v) is 4.64. The Hall–Kier alpha value is -1.62. The maximum atomic E-state index is 12.1. The molecular formula is C13H14BrN3O. The van der Waals surface area contributed by atoms with Gasteiger partial charge in [-0.05, 0) is 30.7 Å². The summed E-state index contributed by atoms with van der Waals surface area (Å²) in [7, 11) is 1.76. The molecule has 1 heterocycles. The van der Waals surface area contributed by atoms with E-state index in [0.29, 0.717) is 5.69 Å². The molecule has 0 fully saturated rings. The normalized spacial score (nSPS) is 10.4. The van der Waals surface area contributed by atoms with E-state index in [1.165, 1.54) is 0 Å². The van der Waals surface area contributed by atoms with E-state index >= 15 is 0 Å². The third-order valence-corrected chi connectivity index (χ3v) is 3.22. The van der Waals surface area contributed by atoms with Gasteiger partial charge in [0.25, 0.3) is 5.91 Å². The Morgan fingerprint density at radius 3 is 2.83 bits per heavy atom. The van der Waals surface area contributed by atoms with Gasteiger partial charge in [0.2, 0.25) is 0 Å². The van der Waals surface area contributed by atoms with Crippen LogP contribution in [0.3, 0.4) is 0 Å². The Bertz CT molecular complexity index is 577. The number of aromatic nitrogens is 2. The number of hydrogen-bond donors (Lipinski definition) is 1. The SMILES string of the molecule is Cc1cc(C(=O)Nc2cccc(CBr)c2)n(C)n1. The van der Waals surface area contributed by atoms with Crippen LogP contribution in [0.2, 0.25) is 0 Å². The van der Waals surface area contributed by atoms with E-state index in [-0.39, 0.29) is 5.91 Å². The van der Waals surface area contributed by atoms with E-state index in [4.69, 9.17) is 0 Å². The topological polar surface area (TPSA) is 46.9 Å². The molecular weight excluding hydrogens is 294 g/mol. The minimum Gasteiger partial charge on any atom is -0.321 e.